The molecule has 1 aliphatic rings. The lowest BCUT2D eigenvalue weighted by Crippen LogP contribution is -2.41. The van der Waals surface area contributed by atoms with E-state index in [1.165, 1.54) is 44.9 Å². The summed E-state index contributed by atoms with van der Waals surface area (Å²) in [6.07, 6.45) is 12.7. The van der Waals surface area contributed by atoms with Gasteiger partial charge in [-0.1, -0.05) is 82.0 Å². The van der Waals surface area contributed by atoms with Gasteiger partial charge in [0.25, 0.3) is 0 Å². The van der Waals surface area contributed by atoms with Gasteiger partial charge in [-0.2, -0.15) is 0 Å². The van der Waals surface area contributed by atoms with Crippen LogP contribution in [0, 0.1) is 0 Å². The Morgan fingerprint density at radius 2 is 1.42 bits per heavy atom. The summed E-state index contributed by atoms with van der Waals surface area (Å²) in [4.78, 5) is 0. The maximum Gasteiger partial charge on any atom is 0.486 e. The summed E-state index contributed by atoms with van der Waals surface area (Å²) in [5.74, 6) is 2.11. The average molecular weight is 378 g/mol. The minimum absolute atomic E-state index is 0.220. The van der Waals surface area contributed by atoms with Gasteiger partial charge in [-0.25, -0.2) is 0 Å². The second-order valence-corrected chi connectivity index (χ2v) is 15.0. The van der Waals surface area contributed by atoms with Gasteiger partial charge >= 0.3 is 7.12 Å². The first kappa shape index (κ1) is 23.7. The van der Waals surface area contributed by atoms with Crippen molar-refractivity contribution in [3.05, 3.63) is 23.3 Å². The van der Waals surface area contributed by atoms with E-state index in [0.717, 1.165) is 6.42 Å². The Balaban J connectivity index is 2.52. The molecule has 0 aromatic carbocycles. The molecule has 4 heteroatoms. The zero-order chi connectivity index (χ0) is 19.8. The molecular weight excluding hydrogens is 335 g/mol. The van der Waals surface area contributed by atoms with E-state index in [0.29, 0.717) is 0 Å². The second-order valence-electron chi connectivity index (χ2n) is 9.94. The standard InChI is InChI=1S/C22H43BO2Si/c1-9-10-11-12-13-14-16-20(19-26(6,7)8)17-15-18-23-24-21(2,3)22(4,5)25-23/h15,18-19H,9-14,16-17H2,1-8H3/b18-15+,20-19+. The highest BCUT2D eigenvalue weighted by Crippen LogP contribution is 2.37. The van der Waals surface area contributed by atoms with E-state index in [4.69, 9.17) is 9.31 Å². The highest BCUT2D eigenvalue weighted by Gasteiger charge is 2.49. The summed E-state index contributed by atoms with van der Waals surface area (Å²) >= 11 is 0. The van der Waals surface area contributed by atoms with Crippen molar-refractivity contribution in [3.8, 4) is 0 Å². The molecule has 0 aromatic heterocycles. The monoisotopic (exact) mass is 378 g/mol. The van der Waals surface area contributed by atoms with Crippen LogP contribution in [0.5, 0.6) is 0 Å². The van der Waals surface area contributed by atoms with Crippen LogP contribution in [-0.2, 0) is 9.31 Å². The molecule has 2 nitrogen and oxygen atoms in total. The first-order chi connectivity index (χ1) is 12.0. The van der Waals surface area contributed by atoms with E-state index in [-0.39, 0.29) is 18.3 Å². The lowest BCUT2D eigenvalue weighted by molar-refractivity contribution is 0.00578. The largest absolute Gasteiger partial charge is 0.486 e. The number of hydrogen-bond donors (Lipinski definition) is 0. The van der Waals surface area contributed by atoms with E-state index in [1.54, 1.807) is 5.57 Å². The molecule has 0 radical (unpaired) electrons. The molecule has 1 heterocycles. The van der Waals surface area contributed by atoms with Gasteiger partial charge in [0.15, 0.2) is 0 Å². The van der Waals surface area contributed by atoms with Gasteiger partial charge in [0.1, 0.15) is 0 Å². The molecular formula is C22H43BO2Si. The Labute approximate surface area is 165 Å². The zero-order valence-electron chi connectivity index (χ0n) is 18.8. The van der Waals surface area contributed by atoms with Gasteiger partial charge in [-0.3, -0.25) is 0 Å². The fourth-order valence-corrected chi connectivity index (χ4v) is 4.76. The van der Waals surface area contributed by atoms with Gasteiger partial charge in [-0.15, -0.1) is 0 Å². The van der Waals surface area contributed by atoms with Crippen LogP contribution in [0.1, 0.15) is 86.0 Å². The van der Waals surface area contributed by atoms with E-state index < -0.39 is 8.07 Å². The Morgan fingerprint density at radius 1 is 0.885 bits per heavy atom. The fourth-order valence-electron chi connectivity index (χ4n) is 3.28. The molecule has 1 aliphatic heterocycles. The summed E-state index contributed by atoms with van der Waals surface area (Å²) in [7, 11) is -1.41. The van der Waals surface area contributed by atoms with Gasteiger partial charge in [0.05, 0.1) is 19.3 Å². The predicted octanol–water partition coefficient (Wildman–Crippen LogP) is 7.12. The SMILES string of the molecule is CCCCCCCC/C(=C\[Si](C)(C)C)C/C=C/B1OC(C)(C)C(C)(C)O1. The van der Waals surface area contributed by atoms with E-state index in [9.17, 15) is 0 Å². The van der Waals surface area contributed by atoms with Crippen molar-refractivity contribution in [3.63, 3.8) is 0 Å². The van der Waals surface area contributed by atoms with Crippen molar-refractivity contribution < 1.29 is 9.31 Å². The summed E-state index contributed by atoms with van der Waals surface area (Å²) in [5.41, 5.74) is 3.69. The highest BCUT2D eigenvalue weighted by atomic mass is 28.3. The third-order valence-corrected chi connectivity index (χ3v) is 6.71. The lowest BCUT2D eigenvalue weighted by atomic mass is 9.89. The quantitative estimate of drug-likeness (QED) is 0.281. The summed E-state index contributed by atoms with van der Waals surface area (Å²) in [5, 5.41) is 0. The average Bonchev–Trinajstić information content (AvgIpc) is 2.68. The van der Waals surface area contributed by atoms with Gasteiger partial charge in [-0.05, 0) is 47.0 Å². The number of rotatable bonds is 11. The van der Waals surface area contributed by atoms with Crippen molar-refractivity contribution in [1.29, 1.82) is 0 Å². The molecule has 1 fully saturated rings. The van der Waals surface area contributed by atoms with Crippen LogP contribution >= 0.6 is 0 Å². The summed E-state index contributed by atoms with van der Waals surface area (Å²) < 4.78 is 12.1. The normalized spacial score (nSPS) is 20.3. The lowest BCUT2D eigenvalue weighted by Gasteiger charge is -2.32. The highest BCUT2D eigenvalue weighted by molar-refractivity contribution is 6.81. The molecule has 0 bridgehead atoms. The van der Waals surface area contributed by atoms with Gasteiger partial charge in [0, 0.05) is 0 Å². The molecule has 0 aliphatic carbocycles. The van der Waals surface area contributed by atoms with Crippen molar-refractivity contribution in [2.24, 2.45) is 0 Å². The molecule has 0 unspecified atom stereocenters. The first-order valence-corrected chi connectivity index (χ1v) is 14.3. The van der Waals surface area contributed by atoms with Gasteiger partial charge in [0.2, 0.25) is 0 Å². The molecule has 0 saturated carbocycles. The second kappa shape index (κ2) is 10.3. The molecule has 0 amide bonds. The van der Waals surface area contributed by atoms with Crippen LogP contribution < -0.4 is 0 Å². The van der Waals surface area contributed by atoms with Crippen LogP contribution in [0.3, 0.4) is 0 Å². The molecule has 1 rings (SSSR count). The van der Waals surface area contributed by atoms with Crippen LogP contribution in [0.15, 0.2) is 23.3 Å². The maximum atomic E-state index is 6.06. The molecule has 0 aromatic rings. The van der Waals surface area contributed by atoms with Crippen molar-refractivity contribution in [2.45, 2.75) is 117 Å². The predicted molar refractivity (Wildman–Crippen MR) is 119 cm³/mol. The molecule has 0 spiro atoms. The Kier molecular flexibility index (Phi) is 9.39. The topological polar surface area (TPSA) is 18.5 Å². The first-order valence-electron chi connectivity index (χ1n) is 10.7. The van der Waals surface area contributed by atoms with Gasteiger partial charge < -0.3 is 9.31 Å². The van der Waals surface area contributed by atoms with Crippen molar-refractivity contribution in [2.75, 3.05) is 0 Å². The molecule has 1 saturated heterocycles. The Morgan fingerprint density at radius 3 is 1.96 bits per heavy atom. The smallest absolute Gasteiger partial charge is 0.400 e. The maximum absolute atomic E-state index is 6.06. The summed E-state index contributed by atoms with van der Waals surface area (Å²) in [6, 6.07) is 0. The number of unbranched alkanes of at least 4 members (excludes halogenated alkanes) is 5. The van der Waals surface area contributed by atoms with Crippen LogP contribution in [0.2, 0.25) is 19.6 Å². The van der Waals surface area contributed by atoms with Crippen LogP contribution in [0.4, 0.5) is 0 Å². The minimum Gasteiger partial charge on any atom is -0.400 e. The fraction of sp³-hybridized carbons (Fsp3) is 0.818. The Hall–Kier alpha value is -0.318. The Bertz CT molecular complexity index is 459. The zero-order valence-corrected chi connectivity index (χ0v) is 19.8. The molecule has 26 heavy (non-hydrogen) atoms. The third kappa shape index (κ3) is 8.58. The minimum atomic E-state index is -1.19. The van der Waals surface area contributed by atoms with Crippen molar-refractivity contribution in [1.82, 2.24) is 0 Å². The van der Waals surface area contributed by atoms with Crippen molar-refractivity contribution >= 4 is 15.2 Å². The van der Waals surface area contributed by atoms with E-state index in [2.05, 4.69) is 72.0 Å². The number of hydrogen-bond acceptors (Lipinski definition) is 2. The van der Waals surface area contributed by atoms with E-state index in [1.807, 2.05) is 0 Å². The molecule has 0 atom stereocenters. The van der Waals surface area contributed by atoms with E-state index >= 15 is 0 Å². The van der Waals surface area contributed by atoms with Crippen LogP contribution in [0.25, 0.3) is 0 Å². The number of allylic oxidation sites excluding steroid dienone is 2. The molecule has 150 valence electrons. The third-order valence-electron chi connectivity index (χ3n) is 5.43. The van der Waals surface area contributed by atoms with Crippen LogP contribution in [-0.4, -0.2) is 26.4 Å². The molecule has 0 N–H and O–H groups in total. The summed E-state index contributed by atoms with van der Waals surface area (Å²) in [6.45, 7) is 18.0.